The molecule has 2 aliphatic heterocycles. The summed E-state index contributed by atoms with van der Waals surface area (Å²) in [6, 6.07) is 6.03. The van der Waals surface area contributed by atoms with Gasteiger partial charge >= 0.3 is 0 Å². The van der Waals surface area contributed by atoms with Crippen molar-refractivity contribution in [2.24, 2.45) is 0 Å². The van der Waals surface area contributed by atoms with Gasteiger partial charge in [-0.05, 0) is 63.1 Å². The summed E-state index contributed by atoms with van der Waals surface area (Å²) in [5.41, 5.74) is 4.34. The highest BCUT2D eigenvalue weighted by atomic mass is 16.5. The van der Waals surface area contributed by atoms with Crippen LogP contribution < -0.4 is 0 Å². The molecule has 5 heteroatoms. The number of piperidine rings is 1. The van der Waals surface area contributed by atoms with E-state index in [1.165, 1.54) is 16.9 Å². The molecule has 0 unspecified atom stereocenters. The number of aryl methyl sites for hydroxylation is 2. The molecule has 2 aliphatic rings. The maximum absolute atomic E-state index is 13.2. The lowest BCUT2D eigenvalue weighted by atomic mass is 9.98. The normalized spacial score (nSPS) is 18.0. The van der Waals surface area contributed by atoms with Crippen molar-refractivity contribution in [1.82, 2.24) is 9.80 Å². The number of amides is 2. The molecule has 5 nitrogen and oxygen atoms in total. The van der Waals surface area contributed by atoms with E-state index >= 15 is 0 Å². The summed E-state index contributed by atoms with van der Waals surface area (Å²) in [7, 11) is 0. The molecule has 146 valence electrons. The Balaban J connectivity index is 1.94. The van der Waals surface area contributed by atoms with Crippen molar-refractivity contribution in [3.05, 3.63) is 40.6 Å². The Kier molecular flexibility index (Phi) is 6.32. The largest absolute Gasteiger partial charge is 0.382 e. The molecule has 0 spiro atoms. The molecule has 0 aromatic heterocycles. The Hall–Kier alpha value is -2.14. The fourth-order valence-corrected chi connectivity index (χ4v) is 3.80. The zero-order valence-electron chi connectivity index (χ0n) is 16.7. The summed E-state index contributed by atoms with van der Waals surface area (Å²) in [6.45, 7) is 9.34. The van der Waals surface area contributed by atoms with Crippen LogP contribution in [0.25, 0.3) is 5.57 Å². The van der Waals surface area contributed by atoms with E-state index < -0.39 is 0 Å². The monoisotopic (exact) mass is 370 g/mol. The molecule has 0 atom stereocenters. The van der Waals surface area contributed by atoms with Gasteiger partial charge in [0.05, 0.1) is 5.57 Å². The number of imide groups is 1. The van der Waals surface area contributed by atoms with Gasteiger partial charge in [-0.15, -0.1) is 0 Å². The van der Waals surface area contributed by atoms with Crippen molar-refractivity contribution in [2.75, 3.05) is 32.8 Å². The second-order valence-corrected chi connectivity index (χ2v) is 7.38. The van der Waals surface area contributed by atoms with E-state index in [4.69, 9.17) is 4.74 Å². The molecule has 1 aromatic rings. The third kappa shape index (κ3) is 4.08. The summed E-state index contributed by atoms with van der Waals surface area (Å²) in [5, 5.41) is 0. The van der Waals surface area contributed by atoms with Crippen LogP contribution in [-0.2, 0) is 14.3 Å². The summed E-state index contributed by atoms with van der Waals surface area (Å²) < 4.78 is 5.37. The van der Waals surface area contributed by atoms with Crippen molar-refractivity contribution < 1.29 is 14.3 Å². The maximum Gasteiger partial charge on any atom is 0.277 e. The summed E-state index contributed by atoms with van der Waals surface area (Å²) in [4.78, 5) is 29.9. The number of nitrogens with zero attached hydrogens (tertiary/aromatic N) is 2. The van der Waals surface area contributed by atoms with Gasteiger partial charge in [0.2, 0.25) is 0 Å². The molecule has 0 N–H and O–H groups in total. The van der Waals surface area contributed by atoms with Crippen LogP contribution >= 0.6 is 0 Å². The number of benzene rings is 1. The quantitative estimate of drug-likeness (QED) is 0.546. The average molecular weight is 370 g/mol. The van der Waals surface area contributed by atoms with Crippen LogP contribution in [0.3, 0.4) is 0 Å². The highest BCUT2D eigenvalue weighted by Gasteiger charge is 2.41. The lowest BCUT2D eigenvalue weighted by Crippen LogP contribution is -2.37. The molecule has 0 radical (unpaired) electrons. The molecule has 1 fully saturated rings. The fraction of sp³-hybridized carbons (Fsp3) is 0.545. The highest BCUT2D eigenvalue weighted by Crippen LogP contribution is 2.33. The van der Waals surface area contributed by atoms with Crippen molar-refractivity contribution >= 4 is 17.4 Å². The topological polar surface area (TPSA) is 49.9 Å². The second-order valence-electron chi connectivity index (χ2n) is 7.38. The average Bonchev–Trinajstić information content (AvgIpc) is 2.92. The van der Waals surface area contributed by atoms with Crippen molar-refractivity contribution in [2.45, 2.75) is 46.5 Å². The molecule has 2 amide bonds. The minimum Gasteiger partial charge on any atom is -0.382 e. The smallest absolute Gasteiger partial charge is 0.277 e. The van der Waals surface area contributed by atoms with Gasteiger partial charge in [-0.1, -0.05) is 18.2 Å². The van der Waals surface area contributed by atoms with Gasteiger partial charge < -0.3 is 9.64 Å². The van der Waals surface area contributed by atoms with Crippen molar-refractivity contribution in [3.63, 3.8) is 0 Å². The summed E-state index contributed by atoms with van der Waals surface area (Å²) >= 11 is 0. The number of likely N-dealkylation sites (tertiary alicyclic amines) is 1. The molecule has 0 bridgehead atoms. The van der Waals surface area contributed by atoms with Crippen LogP contribution in [0.15, 0.2) is 23.9 Å². The van der Waals surface area contributed by atoms with Gasteiger partial charge in [0.1, 0.15) is 5.70 Å². The maximum atomic E-state index is 13.2. The van der Waals surface area contributed by atoms with Gasteiger partial charge in [-0.3, -0.25) is 14.5 Å². The first kappa shape index (κ1) is 19.6. The van der Waals surface area contributed by atoms with Gasteiger partial charge in [0, 0.05) is 32.8 Å². The first-order valence-electron chi connectivity index (χ1n) is 10.1. The molecular weight excluding hydrogens is 340 g/mol. The van der Waals surface area contributed by atoms with Crippen molar-refractivity contribution in [3.8, 4) is 0 Å². The zero-order chi connectivity index (χ0) is 19.4. The van der Waals surface area contributed by atoms with Crippen LogP contribution in [-0.4, -0.2) is 54.5 Å². The Morgan fingerprint density at radius 2 is 1.74 bits per heavy atom. The zero-order valence-corrected chi connectivity index (χ0v) is 16.7. The van der Waals surface area contributed by atoms with E-state index in [9.17, 15) is 9.59 Å². The predicted octanol–water partition coefficient (Wildman–Crippen LogP) is 3.30. The first-order valence-corrected chi connectivity index (χ1v) is 10.1. The van der Waals surface area contributed by atoms with Gasteiger partial charge in [-0.25, -0.2) is 0 Å². The van der Waals surface area contributed by atoms with E-state index in [0.29, 0.717) is 37.4 Å². The highest BCUT2D eigenvalue weighted by molar-refractivity contribution is 6.35. The Labute approximate surface area is 162 Å². The third-order valence-electron chi connectivity index (χ3n) is 5.49. The molecule has 2 heterocycles. The lowest BCUT2D eigenvalue weighted by molar-refractivity contribution is -0.137. The van der Waals surface area contributed by atoms with Gasteiger partial charge in [0.25, 0.3) is 11.8 Å². The van der Waals surface area contributed by atoms with Crippen LogP contribution in [0.2, 0.25) is 0 Å². The predicted molar refractivity (Wildman–Crippen MR) is 106 cm³/mol. The van der Waals surface area contributed by atoms with Crippen LogP contribution in [0.4, 0.5) is 0 Å². The number of hydrogen-bond acceptors (Lipinski definition) is 4. The lowest BCUT2D eigenvalue weighted by Gasteiger charge is -2.29. The summed E-state index contributed by atoms with van der Waals surface area (Å²) in [5.74, 6) is -0.313. The third-order valence-corrected chi connectivity index (χ3v) is 5.49. The molecule has 1 aromatic carbocycles. The van der Waals surface area contributed by atoms with Crippen LogP contribution in [0.1, 0.15) is 49.3 Å². The van der Waals surface area contributed by atoms with Gasteiger partial charge in [0.15, 0.2) is 0 Å². The van der Waals surface area contributed by atoms with Crippen LogP contribution in [0, 0.1) is 13.8 Å². The molecule has 0 aliphatic carbocycles. The molecule has 27 heavy (non-hydrogen) atoms. The minimum atomic E-state index is -0.166. The SMILES string of the molecule is CCOCCCN1C(=O)C(c2ccc(C)c(C)c2)=C(N2CCCCC2)C1=O. The van der Waals surface area contributed by atoms with E-state index in [1.54, 1.807) is 0 Å². The Bertz CT molecular complexity index is 748. The Morgan fingerprint density at radius 3 is 2.41 bits per heavy atom. The summed E-state index contributed by atoms with van der Waals surface area (Å²) in [6.07, 6.45) is 3.98. The molecule has 0 saturated carbocycles. The number of carbonyl (C=O) groups is 2. The standard InChI is InChI=1S/C22H30N2O3/c1-4-27-14-8-13-24-21(25)19(18-10-9-16(2)17(3)15-18)20(22(24)26)23-11-6-5-7-12-23/h9-10,15H,4-8,11-14H2,1-3H3. The molecule has 1 saturated heterocycles. The van der Waals surface area contributed by atoms with E-state index in [2.05, 4.69) is 11.8 Å². The molecular formula is C22H30N2O3. The fourth-order valence-electron chi connectivity index (χ4n) is 3.80. The molecule has 3 rings (SSSR count). The number of ether oxygens (including phenoxy) is 1. The number of carbonyl (C=O) groups excluding carboxylic acids is 2. The van der Waals surface area contributed by atoms with E-state index in [1.807, 2.05) is 32.0 Å². The van der Waals surface area contributed by atoms with E-state index in [-0.39, 0.29) is 11.8 Å². The van der Waals surface area contributed by atoms with Crippen molar-refractivity contribution in [1.29, 1.82) is 0 Å². The first-order chi connectivity index (χ1) is 13.0. The van der Waals surface area contributed by atoms with Crippen LogP contribution in [0.5, 0.6) is 0 Å². The minimum absolute atomic E-state index is 0.147. The van der Waals surface area contributed by atoms with Gasteiger partial charge in [-0.2, -0.15) is 0 Å². The van der Waals surface area contributed by atoms with E-state index in [0.717, 1.165) is 37.1 Å². The number of rotatable bonds is 7. The second kappa shape index (κ2) is 8.70. The number of hydrogen-bond donors (Lipinski definition) is 0. The Morgan fingerprint density at radius 1 is 1.00 bits per heavy atom.